The van der Waals surface area contributed by atoms with Crippen LogP contribution in [-0.2, 0) is 0 Å². The molecule has 0 aliphatic heterocycles. The van der Waals surface area contributed by atoms with Crippen molar-refractivity contribution in [3.8, 4) is 5.75 Å². The maximum absolute atomic E-state index is 9.40. The molecule has 0 aliphatic carbocycles. The van der Waals surface area contributed by atoms with Crippen LogP contribution in [0.15, 0.2) is 52.5 Å². The summed E-state index contributed by atoms with van der Waals surface area (Å²) in [6, 6.07) is 11.6. The molecule has 4 heteroatoms. The Balaban J connectivity index is 2.08. The summed E-state index contributed by atoms with van der Waals surface area (Å²) in [6.45, 7) is 1.73. The maximum atomic E-state index is 9.40. The van der Waals surface area contributed by atoms with Crippen LogP contribution in [0, 0.1) is 0 Å². The minimum Gasteiger partial charge on any atom is -0.497 e. The molecule has 3 nitrogen and oxygen atoms in total. The van der Waals surface area contributed by atoms with Gasteiger partial charge in [0.2, 0.25) is 0 Å². The normalized spacial score (nSPS) is 12.2. The zero-order chi connectivity index (χ0) is 13.0. The molecule has 2 rings (SSSR count). The first-order valence-corrected chi connectivity index (χ1v) is 6.46. The van der Waals surface area contributed by atoms with E-state index < -0.39 is 6.10 Å². The van der Waals surface area contributed by atoms with Crippen molar-refractivity contribution in [1.82, 2.24) is 4.98 Å². The number of pyridine rings is 1. The first-order valence-electron chi connectivity index (χ1n) is 5.65. The second-order valence-electron chi connectivity index (χ2n) is 3.88. The number of benzene rings is 1. The summed E-state index contributed by atoms with van der Waals surface area (Å²) < 4.78 is 5.11. The van der Waals surface area contributed by atoms with Gasteiger partial charge >= 0.3 is 0 Å². The third-order valence-electron chi connectivity index (χ3n) is 2.52. The molecule has 0 radical (unpaired) electrons. The van der Waals surface area contributed by atoms with Gasteiger partial charge in [0, 0.05) is 11.1 Å². The van der Waals surface area contributed by atoms with E-state index in [0.29, 0.717) is 0 Å². The summed E-state index contributed by atoms with van der Waals surface area (Å²) in [4.78, 5) is 5.41. The lowest BCUT2D eigenvalue weighted by molar-refractivity contribution is 0.198. The number of methoxy groups -OCH3 is 1. The number of aliphatic hydroxyl groups excluding tert-OH is 1. The fraction of sp³-hybridized carbons (Fsp3) is 0.214. The van der Waals surface area contributed by atoms with Gasteiger partial charge in [-0.3, -0.25) is 0 Å². The van der Waals surface area contributed by atoms with Gasteiger partial charge in [-0.2, -0.15) is 0 Å². The zero-order valence-electron chi connectivity index (χ0n) is 10.3. The van der Waals surface area contributed by atoms with Crippen LogP contribution in [0.2, 0.25) is 0 Å². The predicted octanol–water partition coefficient (Wildman–Crippen LogP) is 3.29. The minimum absolute atomic E-state index is 0.475. The number of nitrogens with zero attached hydrogens (tertiary/aromatic N) is 1. The van der Waals surface area contributed by atoms with Crippen molar-refractivity contribution >= 4 is 11.8 Å². The Hall–Kier alpha value is -1.52. The average Bonchev–Trinajstić information content (AvgIpc) is 2.40. The fourth-order valence-corrected chi connectivity index (χ4v) is 2.22. The molecule has 0 amide bonds. The predicted molar refractivity (Wildman–Crippen MR) is 72.0 cm³/mol. The Bertz CT molecular complexity index is 494. The Morgan fingerprint density at radius 2 is 1.89 bits per heavy atom. The summed E-state index contributed by atoms with van der Waals surface area (Å²) in [6.07, 6.45) is 1.23. The lowest BCUT2D eigenvalue weighted by atomic mass is 10.2. The van der Waals surface area contributed by atoms with Crippen molar-refractivity contribution < 1.29 is 9.84 Å². The van der Waals surface area contributed by atoms with Crippen LogP contribution in [0.5, 0.6) is 5.75 Å². The van der Waals surface area contributed by atoms with Gasteiger partial charge in [-0.1, -0.05) is 17.8 Å². The molecule has 0 spiro atoms. The molecule has 0 saturated heterocycles. The molecule has 0 bridgehead atoms. The quantitative estimate of drug-likeness (QED) is 0.917. The van der Waals surface area contributed by atoms with Crippen molar-refractivity contribution in [2.75, 3.05) is 7.11 Å². The topological polar surface area (TPSA) is 42.4 Å². The molecular weight excluding hydrogens is 246 g/mol. The van der Waals surface area contributed by atoms with Crippen molar-refractivity contribution in [2.24, 2.45) is 0 Å². The first kappa shape index (κ1) is 12.9. The van der Waals surface area contributed by atoms with E-state index in [-0.39, 0.29) is 0 Å². The summed E-state index contributed by atoms with van der Waals surface area (Å²) in [7, 11) is 1.65. The number of hydrogen-bond donors (Lipinski definition) is 1. The molecule has 94 valence electrons. The van der Waals surface area contributed by atoms with Crippen LogP contribution in [0.1, 0.15) is 18.6 Å². The first-order chi connectivity index (χ1) is 8.69. The molecule has 0 aliphatic rings. The van der Waals surface area contributed by atoms with Gasteiger partial charge in [-0.15, -0.1) is 0 Å². The molecule has 1 heterocycles. The Morgan fingerprint density at radius 3 is 2.39 bits per heavy atom. The summed E-state index contributed by atoms with van der Waals surface area (Å²) in [5, 5.41) is 10.3. The molecular formula is C14H15NO2S. The molecule has 1 atom stereocenters. The van der Waals surface area contributed by atoms with Crippen molar-refractivity contribution in [1.29, 1.82) is 0 Å². The van der Waals surface area contributed by atoms with E-state index in [1.165, 1.54) is 0 Å². The molecule has 1 aromatic carbocycles. The summed E-state index contributed by atoms with van der Waals surface area (Å²) in [5.74, 6) is 0.844. The highest BCUT2D eigenvalue weighted by atomic mass is 32.2. The van der Waals surface area contributed by atoms with Crippen molar-refractivity contribution in [3.63, 3.8) is 0 Å². The average molecular weight is 261 g/mol. The third kappa shape index (κ3) is 3.24. The number of aromatic nitrogens is 1. The lowest BCUT2D eigenvalue weighted by Crippen LogP contribution is -1.92. The molecule has 1 aromatic heterocycles. The molecule has 0 unspecified atom stereocenters. The highest BCUT2D eigenvalue weighted by Gasteiger charge is 2.03. The van der Waals surface area contributed by atoms with Gasteiger partial charge in [0.05, 0.1) is 13.2 Å². The highest BCUT2D eigenvalue weighted by molar-refractivity contribution is 7.99. The standard InChI is InChI=1S/C14H15NO2S/c1-10(16)11-3-8-14(15-9-11)18-13-6-4-12(17-2)5-7-13/h3-10,16H,1-2H3/t10-/m0/s1. The van der Waals surface area contributed by atoms with E-state index in [1.807, 2.05) is 36.4 Å². The number of aliphatic hydroxyl groups is 1. The maximum Gasteiger partial charge on any atom is 0.118 e. The second-order valence-corrected chi connectivity index (χ2v) is 4.98. The van der Waals surface area contributed by atoms with Crippen LogP contribution >= 0.6 is 11.8 Å². The molecule has 0 saturated carbocycles. The fourth-order valence-electron chi connectivity index (χ4n) is 1.46. The van der Waals surface area contributed by atoms with Crippen LogP contribution in [0.3, 0.4) is 0 Å². The van der Waals surface area contributed by atoms with Crippen molar-refractivity contribution in [2.45, 2.75) is 22.9 Å². The van der Waals surface area contributed by atoms with Gasteiger partial charge in [-0.25, -0.2) is 4.98 Å². The smallest absolute Gasteiger partial charge is 0.118 e. The van der Waals surface area contributed by atoms with Crippen LogP contribution in [-0.4, -0.2) is 17.2 Å². The summed E-state index contributed by atoms with van der Waals surface area (Å²) in [5.41, 5.74) is 0.828. The van der Waals surface area contributed by atoms with Crippen LogP contribution < -0.4 is 4.74 Å². The number of rotatable bonds is 4. The van der Waals surface area contributed by atoms with Crippen LogP contribution in [0.25, 0.3) is 0 Å². The molecule has 0 fully saturated rings. The van der Waals surface area contributed by atoms with E-state index in [4.69, 9.17) is 4.74 Å². The zero-order valence-corrected chi connectivity index (χ0v) is 11.1. The monoisotopic (exact) mass is 261 g/mol. The largest absolute Gasteiger partial charge is 0.497 e. The van der Waals surface area contributed by atoms with Gasteiger partial charge in [0.25, 0.3) is 0 Å². The lowest BCUT2D eigenvalue weighted by Gasteiger charge is -2.06. The summed E-state index contributed by atoms with van der Waals surface area (Å²) >= 11 is 1.58. The molecule has 18 heavy (non-hydrogen) atoms. The number of hydrogen-bond acceptors (Lipinski definition) is 4. The van der Waals surface area contributed by atoms with Gasteiger partial charge in [-0.05, 0) is 42.8 Å². The Labute approximate surface area is 111 Å². The number of ether oxygens (including phenoxy) is 1. The van der Waals surface area contributed by atoms with E-state index in [0.717, 1.165) is 21.2 Å². The third-order valence-corrected chi connectivity index (χ3v) is 3.48. The van der Waals surface area contributed by atoms with Gasteiger partial charge in [0.15, 0.2) is 0 Å². The minimum atomic E-state index is -0.475. The van der Waals surface area contributed by atoms with Crippen molar-refractivity contribution in [3.05, 3.63) is 48.2 Å². The van der Waals surface area contributed by atoms with E-state index in [1.54, 1.807) is 32.0 Å². The van der Waals surface area contributed by atoms with Gasteiger partial charge in [0.1, 0.15) is 10.8 Å². The Morgan fingerprint density at radius 1 is 1.17 bits per heavy atom. The van der Waals surface area contributed by atoms with E-state index in [9.17, 15) is 5.11 Å². The second kappa shape index (κ2) is 5.89. The highest BCUT2D eigenvalue weighted by Crippen LogP contribution is 2.28. The Kier molecular flexibility index (Phi) is 4.23. The molecule has 1 N–H and O–H groups in total. The molecule has 2 aromatic rings. The van der Waals surface area contributed by atoms with Gasteiger partial charge < -0.3 is 9.84 Å². The SMILES string of the molecule is COc1ccc(Sc2ccc([C@H](C)O)cn2)cc1. The van der Waals surface area contributed by atoms with E-state index >= 15 is 0 Å². The van der Waals surface area contributed by atoms with E-state index in [2.05, 4.69) is 4.98 Å². The van der Waals surface area contributed by atoms with Crippen LogP contribution in [0.4, 0.5) is 0 Å².